The van der Waals surface area contributed by atoms with Crippen molar-refractivity contribution in [3.8, 4) is 0 Å². The summed E-state index contributed by atoms with van der Waals surface area (Å²) in [6.07, 6.45) is -18.5. The van der Waals surface area contributed by atoms with Crippen LogP contribution in [0.25, 0.3) is 0 Å². The Hall–Kier alpha value is -0.280. The van der Waals surface area contributed by atoms with Crippen LogP contribution in [-0.4, -0.2) is 124 Å². The maximum Gasteiger partial charge on any atom is 1.00 e. The van der Waals surface area contributed by atoms with E-state index < -0.39 is 97.8 Å². The average Bonchev–Trinajstić information content (AvgIpc) is 2.79. The van der Waals surface area contributed by atoms with Gasteiger partial charge in [-0.2, -0.15) is 0 Å². The number of aliphatic hydroxyl groups excluding tert-OH is 5. The first kappa shape index (κ1) is 36.7. The van der Waals surface area contributed by atoms with Crippen LogP contribution in [0.1, 0.15) is 13.8 Å². The van der Waals surface area contributed by atoms with Crippen molar-refractivity contribution < 1.29 is 133 Å². The minimum absolute atomic E-state index is 0. The Morgan fingerprint density at radius 1 is 1.05 bits per heavy atom. The van der Waals surface area contributed by atoms with Crippen molar-refractivity contribution >= 4 is 24.1 Å². The molecule has 0 saturated carbocycles. The van der Waals surface area contributed by atoms with Gasteiger partial charge in [0.15, 0.2) is 18.9 Å². The van der Waals surface area contributed by atoms with Gasteiger partial charge >= 0.3 is 59.1 Å². The number of aldehydes is 1. The van der Waals surface area contributed by atoms with Crippen molar-refractivity contribution in [1.82, 2.24) is 5.32 Å². The van der Waals surface area contributed by atoms with Gasteiger partial charge in [0.2, 0.25) is 5.91 Å². The molecule has 0 radical (unpaired) electrons. The van der Waals surface area contributed by atoms with Gasteiger partial charge in [-0.25, -0.2) is 0 Å². The molecule has 18 heteroatoms. The van der Waals surface area contributed by atoms with Crippen molar-refractivity contribution in [2.75, 3.05) is 6.61 Å². The molecule has 12 atom stereocenters. The van der Waals surface area contributed by atoms with Gasteiger partial charge in [0.1, 0.15) is 48.8 Å². The Balaban J connectivity index is 0.00000648. The number of carboxylic acid groups (broad SMARTS) is 2. The molecule has 16 nitrogen and oxygen atoms in total. The zero-order chi connectivity index (χ0) is 26.6. The van der Waals surface area contributed by atoms with E-state index in [1.54, 1.807) is 0 Å². The van der Waals surface area contributed by atoms with Crippen LogP contribution in [0.4, 0.5) is 0 Å². The number of hydrogen-bond donors (Lipinski definition) is 6. The molecular formula is C19H27NNa2O15. The summed E-state index contributed by atoms with van der Waals surface area (Å²) in [5.74, 6) is -5.64. The Labute approximate surface area is 254 Å². The van der Waals surface area contributed by atoms with Crippen LogP contribution >= 0.6 is 0 Å². The number of rotatable bonds is 10. The third-order valence-electron chi connectivity index (χ3n) is 5.65. The zero-order valence-corrected chi connectivity index (χ0v) is 24.5. The molecule has 0 aromatic rings. The summed E-state index contributed by atoms with van der Waals surface area (Å²) in [5, 5.41) is 75.1. The summed E-state index contributed by atoms with van der Waals surface area (Å²) in [7, 11) is 0. The first-order valence-electron chi connectivity index (χ1n) is 10.4. The fraction of sp³-hybridized carbons (Fsp3) is 0.789. The number of carboxylic acids is 2. The molecule has 37 heavy (non-hydrogen) atoms. The minimum Gasteiger partial charge on any atom is -0.547 e. The molecule has 2 rings (SSSR count). The summed E-state index contributed by atoms with van der Waals surface area (Å²) in [5.41, 5.74) is 0. The van der Waals surface area contributed by atoms with Crippen LogP contribution in [0.3, 0.4) is 0 Å². The summed E-state index contributed by atoms with van der Waals surface area (Å²) in [6.45, 7) is 1.40. The standard InChI is InChI=1S/C19H29NO15.2Na/c1-5-10(24)13(27)19(34-14(5)17(30)31)35-15-8(4-22)33-18(9(12(15)26)20-6(2)23)32-7(3-21)11(25)16(28)29;;/h3,5,7-15,18-19,22,24-27H,4H2,1-2H3,(H,20,23)(H,28,29)(H,30,31);;/q;2*+1/p-2. The van der Waals surface area contributed by atoms with E-state index in [2.05, 4.69) is 5.32 Å². The Morgan fingerprint density at radius 2 is 1.65 bits per heavy atom. The van der Waals surface area contributed by atoms with Gasteiger partial charge in [0, 0.05) is 12.8 Å². The molecule has 0 aliphatic carbocycles. The maximum absolute atomic E-state index is 11.7. The molecule has 2 aliphatic heterocycles. The summed E-state index contributed by atoms with van der Waals surface area (Å²) >= 11 is 0. The molecule has 0 aromatic carbocycles. The van der Waals surface area contributed by atoms with E-state index in [-0.39, 0.29) is 65.4 Å². The van der Waals surface area contributed by atoms with Crippen molar-refractivity contribution in [2.24, 2.45) is 5.92 Å². The molecule has 200 valence electrons. The SMILES string of the molecule is CC(=O)NC1C(OC(C=O)C(O)C(=O)[O-])OC(CO)C(OC2OC(C(=O)[O-])C(C)C(O)C2O)C1O.[Na+].[Na+]. The second-order valence-electron chi connectivity index (χ2n) is 8.13. The maximum atomic E-state index is 11.7. The predicted octanol–water partition coefficient (Wildman–Crippen LogP) is -13.5. The van der Waals surface area contributed by atoms with E-state index in [0.29, 0.717) is 0 Å². The smallest absolute Gasteiger partial charge is 0.547 e. The monoisotopic (exact) mass is 555 g/mol. The van der Waals surface area contributed by atoms with Crippen LogP contribution in [0.15, 0.2) is 0 Å². The second kappa shape index (κ2) is 16.1. The normalized spacial score (nSPS) is 37.2. The minimum atomic E-state index is -2.44. The van der Waals surface area contributed by atoms with Crippen LogP contribution in [0.5, 0.6) is 0 Å². The molecule has 6 N–H and O–H groups in total. The van der Waals surface area contributed by atoms with Gasteiger partial charge in [0.25, 0.3) is 0 Å². The number of aliphatic hydroxyl groups is 5. The number of hydrogen-bond acceptors (Lipinski definition) is 15. The molecule has 2 aliphatic rings. The predicted molar refractivity (Wildman–Crippen MR) is 101 cm³/mol. The first-order valence-corrected chi connectivity index (χ1v) is 10.4. The number of carbonyl (C=O) groups excluding carboxylic acids is 4. The zero-order valence-electron chi connectivity index (χ0n) is 20.5. The van der Waals surface area contributed by atoms with E-state index in [1.807, 2.05) is 0 Å². The number of ether oxygens (including phenoxy) is 4. The molecule has 2 heterocycles. The van der Waals surface area contributed by atoms with Crippen LogP contribution in [-0.2, 0) is 38.1 Å². The molecule has 0 bridgehead atoms. The van der Waals surface area contributed by atoms with Gasteiger partial charge in [0.05, 0.1) is 24.6 Å². The number of carbonyl (C=O) groups is 4. The summed E-state index contributed by atoms with van der Waals surface area (Å²) in [4.78, 5) is 45.1. The van der Waals surface area contributed by atoms with Crippen LogP contribution in [0, 0.1) is 5.92 Å². The van der Waals surface area contributed by atoms with Gasteiger partial charge in [-0.15, -0.1) is 0 Å². The molecule has 0 spiro atoms. The van der Waals surface area contributed by atoms with Crippen molar-refractivity contribution in [2.45, 2.75) is 81.3 Å². The average molecular weight is 555 g/mol. The Morgan fingerprint density at radius 3 is 2.11 bits per heavy atom. The molecule has 2 fully saturated rings. The summed E-state index contributed by atoms with van der Waals surface area (Å²) in [6, 6.07) is -1.60. The van der Waals surface area contributed by atoms with E-state index in [4.69, 9.17) is 18.9 Å². The van der Waals surface area contributed by atoms with E-state index >= 15 is 0 Å². The Kier molecular flexibility index (Phi) is 16.0. The Bertz CT molecular complexity index is 791. The van der Waals surface area contributed by atoms with Crippen LogP contribution in [0.2, 0.25) is 0 Å². The quantitative estimate of drug-likeness (QED) is 0.108. The van der Waals surface area contributed by atoms with Gasteiger partial charge in [-0.1, -0.05) is 6.92 Å². The third kappa shape index (κ3) is 8.86. The van der Waals surface area contributed by atoms with Crippen molar-refractivity contribution in [3.63, 3.8) is 0 Å². The third-order valence-corrected chi connectivity index (χ3v) is 5.65. The first-order chi connectivity index (χ1) is 16.3. The molecule has 0 aromatic heterocycles. The van der Waals surface area contributed by atoms with Gasteiger partial charge in [-0.05, 0) is 0 Å². The molecular weight excluding hydrogens is 528 g/mol. The fourth-order valence-corrected chi connectivity index (χ4v) is 3.75. The number of aliphatic carboxylic acids is 2. The number of nitrogens with one attached hydrogen (secondary N) is 1. The fourth-order valence-electron chi connectivity index (χ4n) is 3.75. The van der Waals surface area contributed by atoms with Gasteiger partial charge in [-0.3, -0.25) is 4.79 Å². The van der Waals surface area contributed by atoms with Crippen molar-refractivity contribution in [1.29, 1.82) is 0 Å². The van der Waals surface area contributed by atoms with Crippen molar-refractivity contribution in [3.05, 3.63) is 0 Å². The van der Waals surface area contributed by atoms with E-state index in [9.17, 15) is 54.9 Å². The van der Waals surface area contributed by atoms with E-state index in [1.165, 1.54) is 6.92 Å². The molecule has 1 amide bonds. The van der Waals surface area contributed by atoms with E-state index in [0.717, 1.165) is 6.92 Å². The molecule has 12 unspecified atom stereocenters. The topological polar surface area (TPSA) is 264 Å². The molecule has 2 saturated heterocycles. The second-order valence-corrected chi connectivity index (χ2v) is 8.13. The largest absolute Gasteiger partial charge is 1.00 e. The number of amides is 1. The van der Waals surface area contributed by atoms with Gasteiger partial charge < -0.3 is 74.4 Å². The summed E-state index contributed by atoms with van der Waals surface area (Å²) < 4.78 is 21.1. The van der Waals surface area contributed by atoms with Crippen LogP contribution < -0.4 is 74.6 Å².